The molecule has 0 spiro atoms. The predicted molar refractivity (Wildman–Crippen MR) is 59.8 cm³/mol. The van der Waals surface area contributed by atoms with Crippen LogP contribution >= 0.6 is 0 Å². The van der Waals surface area contributed by atoms with Crippen LogP contribution in [-0.2, 0) is 9.59 Å². The molecule has 0 bridgehead atoms. The van der Waals surface area contributed by atoms with E-state index < -0.39 is 5.97 Å². The Morgan fingerprint density at radius 3 is 2.31 bits per heavy atom. The number of nitrogens with two attached hydrogens (primary N) is 1. The minimum Gasteiger partial charge on any atom is -0.480 e. The van der Waals surface area contributed by atoms with E-state index in [1.165, 1.54) is 4.90 Å². The van der Waals surface area contributed by atoms with Crippen LogP contribution in [0, 0.1) is 11.8 Å². The lowest BCUT2D eigenvalue weighted by atomic mass is 9.94. The van der Waals surface area contributed by atoms with Gasteiger partial charge in [0, 0.05) is 12.6 Å². The van der Waals surface area contributed by atoms with Crippen molar-refractivity contribution in [2.24, 2.45) is 17.6 Å². The van der Waals surface area contributed by atoms with Crippen molar-refractivity contribution < 1.29 is 14.7 Å². The molecule has 1 aliphatic rings. The van der Waals surface area contributed by atoms with Crippen LogP contribution in [0.3, 0.4) is 0 Å². The average Bonchev–Trinajstić information content (AvgIpc) is 2.97. The first kappa shape index (κ1) is 13.0. The minimum atomic E-state index is -0.959. The molecular formula is C11H20N2O3. The Labute approximate surface area is 95.6 Å². The molecule has 1 aliphatic carbocycles. The first-order valence-electron chi connectivity index (χ1n) is 5.69. The van der Waals surface area contributed by atoms with Gasteiger partial charge in [-0.25, -0.2) is 0 Å². The van der Waals surface area contributed by atoms with E-state index in [0.29, 0.717) is 0 Å². The fourth-order valence-electron chi connectivity index (χ4n) is 1.79. The normalized spacial score (nSPS) is 17.2. The van der Waals surface area contributed by atoms with E-state index in [0.717, 1.165) is 12.8 Å². The third kappa shape index (κ3) is 3.20. The summed E-state index contributed by atoms with van der Waals surface area (Å²) in [4.78, 5) is 24.3. The number of hydrogen-bond acceptors (Lipinski definition) is 3. The van der Waals surface area contributed by atoms with Crippen molar-refractivity contribution in [3.8, 4) is 0 Å². The molecule has 0 saturated heterocycles. The summed E-state index contributed by atoms with van der Waals surface area (Å²) in [5.74, 6) is -1.19. The van der Waals surface area contributed by atoms with Gasteiger partial charge in [-0.1, -0.05) is 13.8 Å². The van der Waals surface area contributed by atoms with Crippen LogP contribution in [0.25, 0.3) is 0 Å². The number of amides is 1. The Morgan fingerprint density at radius 2 is 2.00 bits per heavy atom. The second kappa shape index (κ2) is 5.30. The molecule has 1 saturated carbocycles. The van der Waals surface area contributed by atoms with Gasteiger partial charge in [0.05, 0.1) is 5.92 Å². The molecule has 92 valence electrons. The first-order chi connectivity index (χ1) is 7.47. The highest BCUT2D eigenvalue weighted by Gasteiger charge is 2.37. The van der Waals surface area contributed by atoms with Gasteiger partial charge in [-0.05, 0) is 18.8 Å². The van der Waals surface area contributed by atoms with Gasteiger partial charge in [-0.15, -0.1) is 0 Å². The fraction of sp³-hybridized carbons (Fsp3) is 0.818. The topological polar surface area (TPSA) is 83.6 Å². The van der Waals surface area contributed by atoms with Crippen LogP contribution in [0.1, 0.15) is 26.7 Å². The van der Waals surface area contributed by atoms with Crippen molar-refractivity contribution in [3.05, 3.63) is 0 Å². The molecule has 5 nitrogen and oxygen atoms in total. The molecule has 0 aromatic carbocycles. The molecule has 0 aromatic rings. The number of carboxylic acids is 1. The SMILES string of the molecule is CC(C)C(CN)C(=O)N(CC(=O)O)C1CC1. The maximum absolute atomic E-state index is 12.1. The average molecular weight is 228 g/mol. The van der Waals surface area contributed by atoms with Crippen LogP contribution in [0.4, 0.5) is 0 Å². The first-order valence-corrected chi connectivity index (χ1v) is 5.69. The quantitative estimate of drug-likeness (QED) is 0.684. The maximum atomic E-state index is 12.1. The fourth-order valence-corrected chi connectivity index (χ4v) is 1.79. The number of rotatable bonds is 6. The molecule has 0 aliphatic heterocycles. The Balaban J connectivity index is 2.69. The summed E-state index contributed by atoms with van der Waals surface area (Å²) in [6, 6.07) is 0.122. The summed E-state index contributed by atoms with van der Waals surface area (Å²) in [7, 11) is 0. The van der Waals surface area contributed by atoms with Gasteiger partial charge in [0.25, 0.3) is 0 Å². The van der Waals surface area contributed by atoms with Crippen LogP contribution in [0.2, 0.25) is 0 Å². The molecule has 5 heteroatoms. The third-order valence-electron chi connectivity index (χ3n) is 2.95. The zero-order chi connectivity index (χ0) is 12.3. The Bertz CT molecular complexity index is 274. The second-order valence-corrected chi connectivity index (χ2v) is 4.68. The molecule has 1 atom stereocenters. The lowest BCUT2D eigenvalue weighted by Crippen LogP contribution is -2.44. The maximum Gasteiger partial charge on any atom is 0.323 e. The molecule has 3 N–H and O–H groups in total. The van der Waals surface area contributed by atoms with Crippen molar-refractivity contribution in [2.45, 2.75) is 32.7 Å². The summed E-state index contributed by atoms with van der Waals surface area (Å²) in [6.07, 6.45) is 1.82. The van der Waals surface area contributed by atoms with Crippen LogP contribution < -0.4 is 5.73 Å². The summed E-state index contributed by atoms with van der Waals surface area (Å²) in [5.41, 5.74) is 5.57. The molecule has 1 amide bonds. The Kier molecular flexibility index (Phi) is 4.29. The molecule has 1 unspecified atom stereocenters. The van der Waals surface area contributed by atoms with Gasteiger partial charge < -0.3 is 15.7 Å². The molecular weight excluding hydrogens is 208 g/mol. The lowest BCUT2D eigenvalue weighted by molar-refractivity contribution is -0.147. The molecule has 16 heavy (non-hydrogen) atoms. The van der Waals surface area contributed by atoms with Gasteiger partial charge in [-0.3, -0.25) is 9.59 Å². The second-order valence-electron chi connectivity index (χ2n) is 4.68. The standard InChI is InChI=1S/C11H20N2O3/c1-7(2)9(5-12)11(16)13(6-10(14)15)8-3-4-8/h7-9H,3-6,12H2,1-2H3,(H,14,15). The van der Waals surface area contributed by atoms with Crippen molar-refractivity contribution in [3.63, 3.8) is 0 Å². The molecule has 1 fully saturated rings. The number of nitrogens with zero attached hydrogens (tertiary/aromatic N) is 1. The number of carbonyl (C=O) groups is 2. The number of aliphatic carboxylic acids is 1. The predicted octanol–water partition coefficient (Wildman–Crippen LogP) is 0.293. The summed E-state index contributed by atoms with van der Waals surface area (Å²) in [5, 5.41) is 8.78. The van der Waals surface area contributed by atoms with Crippen LogP contribution in [-0.4, -0.2) is 41.0 Å². The van der Waals surface area contributed by atoms with Crippen LogP contribution in [0.5, 0.6) is 0 Å². The van der Waals surface area contributed by atoms with E-state index >= 15 is 0 Å². The Morgan fingerprint density at radius 1 is 1.44 bits per heavy atom. The molecule has 0 radical (unpaired) electrons. The van der Waals surface area contributed by atoms with E-state index in [9.17, 15) is 9.59 Å². The van der Waals surface area contributed by atoms with E-state index in [2.05, 4.69) is 0 Å². The van der Waals surface area contributed by atoms with Crippen molar-refractivity contribution in [2.75, 3.05) is 13.1 Å². The highest BCUT2D eigenvalue weighted by molar-refractivity contribution is 5.84. The van der Waals surface area contributed by atoms with Crippen molar-refractivity contribution in [1.82, 2.24) is 4.90 Å². The Hall–Kier alpha value is -1.10. The van der Waals surface area contributed by atoms with E-state index in [-0.39, 0.29) is 36.9 Å². The number of hydrogen-bond donors (Lipinski definition) is 2. The van der Waals surface area contributed by atoms with Gasteiger partial charge in [-0.2, -0.15) is 0 Å². The van der Waals surface area contributed by atoms with Gasteiger partial charge >= 0.3 is 5.97 Å². The summed E-state index contributed by atoms with van der Waals surface area (Å²) in [6.45, 7) is 3.94. The van der Waals surface area contributed by atoms with Crippen molar-refractivity contribution in [1.29, 1.82) is 0 Å². The number of carbonyl (C=O) groups excluding carboxylic acids is 1. The van der Waals surface area contributed by atoms with E-state index in [1.54, 1.807) is 0 Å². The third-order valence-corrected chi connectivity index (χ3v) is 2.95. The monoisotopic (exact) mass is 228 g/mol. The molecule has 0 aromatic heterocycles. The molecule has 0 heterocycles. The van der Waals surface area contributed by atoms with Crippen molar-refractivity contribution >= 4 is 11.9 Å². The number of carboxylic acid groups (broad SMARTS) is 1. The zero-order valence-corrected chi connectivity index (χ0v) is 9.85. The van der Waals surface area contributed by atoms with Gasteiger partial charge in [0.2, 0.25) is 5.91 Å². The smallest absolute Gasteiger partial charge is 0.323 e. The van der Waals surface area contributed by atoms with Crippen LogP contribution in [0.15, 0.2) is 0 Å². The lowest BCUT2D eigenvalue weighted by Gasteiger charge is -2.27. The van der Waals surface area contributed by atoms with Gasteiger partial charge in [0.15, 0.2) is 0 Å². The highest BCUT2D eigenvalue weighted by Crippen LogP contribution is 2.29. The zero-order valence-electron chi connectivity index (χ0n) is 9.85. The van der Waals surface area contributed by atoms with Gasteiger partial charge in [0.1, 0.15) is 6.54 Å². The highest BCUT2D eigenvalue weighted by atomic mass is 16.4. The van der Waals surface area contributed by atoms with E-state index in [4.69, 9.17) is 10.8 Å². The summed E-state index contributed by atoms with van der Waals surface area (Å²) < 4.78 is 0. The summed E-state index contributed by atoms with van der Waals surface area (Å²) >= 11 is 0. The molecule has 1 rings (SSSR count). The van der Waals surface area contributed by atoms with E-state index in [1.807, 2.05) is 13.8 Å². The largest absolute Gasteiger partial charge is 0.480 e. The minimum absolute atomic E-state index is 0.109.